The minimum absolute atomic E-state index is 0.308. The lowest BCUT2D eigenvalue weighted by molar-refractivity contribution is -0.105. The van der Waals surface area contributed by atoms with Crippen molar-refractivity contribution in [1.29, 1.82) is 0 Å². The fourth-order valence-corrected chi connectivity index (χ4v) is 0.976. The van der Waals surface area contributed by atoms with Crippen LogP contribution < -0.4 is 10.1 Å². The third kappa shape index (κ3) is 3.46. The van der Waals surface area contributed by atoms with E-state index in [1.54, 1.807) is 25.4 Å². The molecular formula is C12H12N2O2. The highest BCUT2D eigenvalue weighted by atomic mass is 16.5. The fourth-order valence-electron chi connectivity index (χ4n) is 0.976. The second-order valence-electron chi connectivity index (χ2n) is 2.85. The molecule has 0 aliphatic rings. The summed E-state index contributed by atoms with van der Waals surface area (Å²) in [6.45, 7) is 3.81. The lowest BCUT2D eigenvalue weighted by Gasteiger charge is -2.00. The first-order valence-corrected chi connectivity index (χ1v) is 4.63. The van der Waals surface area contributed by atoms with Crippen LogP contribution in [0.25, 0.3) is 0 Å². The molecule has 0 fully saturated rings. The molecule has 0 unspecified atom stereocenters. The third-order valence-electron chi connectivity index (χ3n) is 1.74. The van der Waals surface area contributed by atoms with Crippen molar-refractivity contribution >= 4 is 6.29 Å². The zero-order valence-corrected chi connectivity index (χ0v) is 8.99. The maximum atomic E-state index is 10.2. The standard InChI is InChI=1S/C12H12N2O2/c1-10(9-15)13-7-3-5-11-12(16-2)6-4-8-14-11/h4,6,8-9,13H,1,7H2,2H3. The van der Waals surface area contributed by atoms with Crippen molar-refractivity contribution in [3.63, 3.8) is 0 Å². The molecule has 4 nitrogen and oxygen atoms in total. The van der Waals surface area contributed by atoms with Crippen molar-refractivity contribution in [2.75, 3.05) is 13.7 Å². The van der Waals surface area contributed by atoms with Crippen LogP contribution >= 0.6 is 0 Å². The molecule has 0 bridgehead atoms. The average molecular weight is 216 g/mol. The number of hydrogen-bond donors (Lipinski definition) is 1. The Morgan fingerprint density at radius 3 is 3.25 bits per heavy atom. The van der Waals surface area contributed by atoms with Crippen molar-refractivity contribution in [1.82, 2.24) is 10.3 Å². The topological polar surface area (TPSA) is 51.2 Å². The van der Waals surface area contributed by atoms with E-state index in [9.17, 15) is 4.79 Å². The molecule has 1 aromatic rings. The van der Waals surface area contributed by atoms with E-state index in [4.69, 9.17) is 4.74 Å². The first-order valence-electron chi connectivity index (χ1n) is 4.63. The Bertz CT molecular complexity index is 444. The number of carbonyl (C=O) groups excluding carboxylic acids is 1. The number of pyridine rings is 1. The summed E-state index contributed by atoms with van der Waals surface area (Å²) < 4.78 is 5.09. The SMILES string of the molecule is C=C(C=O)NCC#Cc1ncccc1OC. The number of aromatic nitrogens is 1. The molecule has 0 atom stereocenters. The van der Waals surface area contributed by atoms with Crippen LogP contribution in [0.5, 0.6) is 5.75 Å². The van der Waals surface area contributed by atoms with Gasteiger partial charge in [0.25, 0.3) is 0 Å². The van der Waals surface area contributed by atoms with E-state index in [1.165, 1.54) is 0 Å². The fraction of sp³-hybridized carbons (Fsp3) is 0.167. The van der Waals surface area contributed by atoms with Crippen molar-refractivity contribution < 1.29 is 9.53 Å². The first kappa shape index (κ1) is 11.8. The molecule has 0 amide bonds. The number of carbonyl (C=O) groups is 1. The van der Waals surface area contributed by atoms with Gasteiger partial charge in [0.2, 0.25) is 0 Å². The van der Waals surface area contributed by atoms with Gasteiger partial charge in [-0.15, -0.1) is 0 Å². The molecule has 1 aromatic heterocycles. The molecule has 0 spiro atoms. The summed E-state index contributed by atoms with van der Waals surface area (Å²) in [4.78, 5) is 14.3. The second kappa shape index (κ2) is 6.25. The number of rotatable bonds is 4. The van der Waals surface area contributed by atoms with Gasteiger partial charge in [-0.25, -0.2) is 4.98 Å². The predicted molar refractivity (Wildman–Crippen MR) is 60.9 cm³/mol. The zero-order chi connectivity index (χ0) is 11.8. The number of allylic oxidation sites excluding steroid dienone is 1. The molecule has 0 radical (unpaired) electrons. The lowest BCUT2D eigenvalue weighted by atomic mass is 10.3. The molecule has 0 aromatic carbocycles. The van der Waals surface area contributed by atoms with Crippen LogP contribution in [0, 0.1) is 11.8 Å². The van der Waals surface area contributed by atoms with Gasteiger partial charge in [0.1, 0.15) is 0 Å². The van der Waals surface area contributed by atoms with Crippen LogP contribution in [0.3, 0.4) is 0 Å². The molecule has 0 aliphatic carbocycles. The molecule has 82 valence electrons. The Hall–Kier alpha value is -2.28. The van der Waals surface area contributed by atoms with Gasteiger partial charge in [0.05, 0.1) is 19.4 Å². The average Bonchev–Trinajstić information content (AvgIpc) is 2.34. The quantitative estimate of drug-likeness (QED) is 0.458. The minimum Gasteiger partial charge on any atom is -0.494 e. The van der Waals surface area contributed by atoms with Crippen LogP contribution in [0.1, 0.15) is 5.69 Å². The summed E-state index contributed by atoms with van der Waals surface area (Å²) in [6.07, 6.45) is 2.29. The van der Waals surface area contributed by atoms with Gasteiger partial charge in [-0.1, -0.05) is 12.5 Å². The maximum absolute atomic E-state index is 10.2. The van der Waals surface area contributed by atoms with Gasteiger partial charge < -0.3 is 10.1 Å². The second-order valence-corrected chi connectivity index (χ2v) is 2.85. The molecule has 16 heavy (non-hydrogen) atoms. The highest BCUT2D eigenvalue weighted by Gasteiger charge is 1.97. The van der Waals surface area contributed by atoms with Crippen LogP contribution in [-0.4, -0.2) is 24.9 Å². The van der Waals surface area contributed by atoms with Crippen molar-refractivity contribution in [3.05, 3.63) is 36.3 Å². The highest BCUT2D eigenvalue weighted by Crippen LogP contribution is 2.12. The van der Waals surface area contributed by atoms with E-state index >= 15 is 0 Å². The maximum Gasteiger partial charge on any atom is 0.165 e. The first-order chi connectivity index (χ1) is 7.77. The van der Waals surface area contributed by atoms with Crippen molar-refractivity contribution in [2.45, 2.75) is 0 Å². The molecule has 4 heteroatoms. The van der Waals surface area contributed by atoms with Crippen molar-refractivity contribution in [2.24, 2.45) is 0 Å². The largest absolute Gasteiger partial charge is 0.494 e. The van der Waals surface area contributed by atoms with Crippen LogP contribution in [0.15, 0.2) is 30.6 Å². The zero-order valence-electron chi connectivity index (χ0n) is 8.99. The summed E-state index contributed by atoms with van der Waals surface area (Å²) >= 11 is 0. The van der Waals surface area contributed by atoms with Gasteiger partial charge in [0, 0.05) is 6.20 Å². The number of methoxy groups -OCH3 is 1. The molecule has 0 saturated heterocycles. The molecule has 1 N–H and O–H groups in total. The van der Waals surface area contributed by atoms with Gasteiger partial charge in [-0.2, -0.15) is 0 Å². The van der Waals surface area contributed by atoms with Gasteiger partial charge in [0.15, 0.2) is 17.7 Å². The number of nitrogens with one attached hydrogen (secondary N) is 1. The molecule has 1 heterocycles. The summed E-state index contributed by atoms with van der Waals surface area (Å²) in [7, 11) is 1.56. The monoisotopic (exact) mass is 216 g/mol. The molecule has 1 rings (SSSR count). The molecular weight excluding hydrogens is 204 g/mol. The lowest BCUT2D eigenvalue weighted by Crippen LogP contribution is -2.12. The smallest absolute Gasteiger partial charge is 0.165 e. The van der Waals surface area contributed by atoms with Crippen molar-refractivity contribution in [3.8, 4) is 17.6 Å². The number of aldehydes is 1. The van der Waals surface area contributed by atoms with E-state index in [0.717, 1.165) is 0 Å². The van der Waals surface area contributed by atoms with Crippen LogP contribution in [0.2, 0.25) is 0 Å². The molecule has 0 saturated carbocycles. The van der Waals surface area contributed by atoms with E-state index in [1.807, 2.05) is 0 Å². The Balaban J connectivity index is 2.62. The van der Waals surface area contributed by atoms with Gasteiger partial charge >= 0.3 is 0 Å². The van der Waals surface area contributed by atoms with E-state index < -0.39 is 0 Å². The van der Waals surface area contributed by atoms with E-state index in [0.29, 0.717) is 30.0 Å². The minimum atomic E-state index is 0.308. The van der Waals surface area contributed by atoms with E-state index in [2.05, 4.69) is 28.7 Å². The van der Waals surface area contributed by atoms with Gasteiger partial charge in [-0.3, -0.25) is 4.79 Å². The predicted octanol–water partition coefficient (Wildman–Crippen LogP) is 0.744. The third-order valence-corrected chi connectivity index (χ3v) is 1.74. The van der Waals surface area contributed by atoms with E-state index in [-0.39, 0.29) is 0 Å². The Kier molecular flexibility index (Phi) is 4.61. The Morgan fingerprint density at radius 2 is 2.56 bits per heavy atom. The summed E-state index contributed by atoms with van der Waals surface area (Å²) in [6, 6.07) is 3.56. The Labute approximate surface area is 94.3 Å². The summed E-state index contributed by atoms with van der Waals surface area (Å²) in [5.74, 6) is 6.29. The Morgan fingerprint density at radius 1 is 1.75 bits per heavy atom. The number of ether oxygens (including phenoxy) is 1. The molecule has 0 aliphatic heterocycles. The highest BCUT2D eigenvalue weighted by molar-refractivity contribution is 5.71. The number of nitrogens with zero attached hydrogens (tertiary/aromatic N) is 1. The van der Waals surface area contributed by atoms with Crippen LogP contribution in [0.4, 0.5) is 0 Å². The summed E-state index contributed by atoms with van der Waals surface area (Å²) in [5, 5.41) is 2.74. The van der Waals surface area contributed by atoms with Crippen LogP contribution in [-0.2, 0) is 4.79 Å². The summed E-state index contributed by atoms with van der Waals surface area (Å²) in [5.41, 5.74) is 0.880. The normalized spacial score (nSPS) is 8.56. The van der Waals surface area contributed by atoms with Gasteiger partial charge in [-0.05, 0) is 18.1 Å². The number of hydrogen-bond acceptors (Lipinski definition) is 4.